The Morgan fingerprint density at radius 3 is 2.81 bits per heavy atom. The van der Waals surface area contributed by atoms with Crippen molar-refractivity contribution in [1.82, 2.24) is 9.56 Å². The molecule has 0 saturated heterocycles. The van der Waals surface area contributed by atoms with Gasteiger partial charge in [-0.15, -0.1) is 4.57 Å². The summed E-state index contributed by atoms with van der Waals surface area (Å²) >= 11 is 0. The molecule has 0 unspecified atom stereocenters. The molecule has 1 aromatic carbocycles. The van der Waals surface area contributed by atoms with E-state index in [2.05, 4.69) is 4.98 Å². The summed E-state index contributed by atoms with van der Waals surface area (Å²) in [4.78, 5) is 27.8. The summed E-state index contributed by atoms with van der Waals surface area (Å²) in [5.74, 6) is 0.124. The van der Waals surface area contributed by atoms with Crippen LogP contribution in [0.3, 0.4) is 0 Å². The zero-order chi connectivity index (χ0) is 14.8. The first kappa shape index (κ1) is 13.1. The Kier molecular flexibility index (Phi) is 3.27. The van der Waals surface area contributed by atoms with Gasteiger partial charge in [-0.1, -0.05) is 18.2 Å². The van der Waals surface area contributed by atoms with Crippen LogP contribution < -0.4 is 5.56 Å². The van der Waals surface area contributed by atoms with Crippen LogP contribution in [-0.4, -0.2) is 15.5 Å². The fourth-order valence-electron chi connectivity index (χ4n) is 1.94. The third-order valence-corrected chi connectivity index (χ3v) is 2.88. The number of hydrogen-bond acceptors (Lipinski definition) is 5. The molecule has 21 heavy (non-hydrogen) atoms. The number of fused-ring (bicyclic) bond motifs is 1. The Morgan fingerprint density at radius 1 is 1.29 bits per heavy atom. The number of ether oxygens (including phenoxy) is 1. The van der Waals surface area contributed by atoms with Crippen molar-refractivity contribution < 1.29 is 14.1 Å². The topological polar surface area (TPSA) is 73.8 Å². The van der Waals surface area contributed by atoms with E-state index >= 15 is 0 Å². The summed E-state index contributed by atoms with van der Waals surface area (Å²) in [7, 11) is 0. The van der Waals surface area contributed by atoms with E-state index in [0.29, 0.717) is 22.7 Å². The highest BCUT2D eigenvalue weighted by Gasteiger charge is 2.10. The highest BCUT2D eigenvalue weighted by molar-refractivity contribution is 5.89. The van der Waals surface area contributed by atoms with Crippen LogP contribution >= 0.6 is 0 Å². The molecule has 2 heterocycles. The normalized spacial score (nSPS) is 10.7. The van der Waals surface area contributed by atoms with Gasteiger partial charge in [-0.2, -0.15) is 0 Å². The van der Waals surface area contributed by atoms with Gasteiger partial charge < -0.3 is 9.26 Å². The molecule has 0 bridgehead atoms. The van der Waals surface area contributed by atoms with E-state index in [4.69, 9.17) is 9.26 Å². The van der Waals surface area contributed by atoms with E-state index in [9.17, 15) is 9.59 Å². The van der Waals surface area contributed by atoms with Crippen molar-refractivity contribution in [3.05, 3.63) is 69.8 Å². The van der Waals surface area contributed by atoms with E-state index in [1.165, 1.54) is 6.07 Å². The van der Waals surface area contributed by atoms with E-state index < -0.39 is 5.97 Å². The van der Waals surface area contributed by atoms with Gasteiger partial charge >= 0.3 is 5.97 Å². The molecule has 2 aromatic heterocycles. The zero-order valence-electron chi connectivity index (χ0n) is 11.3. The van der Waals surface area contributed by atoms with Crippen molar-refractivity contribution in [2.24, 2.45) is 0 Å². The SMILES string of the molecule is Cc1cc2nc(COC(=O)c3ccccc3)cc(=O)n2o1. The minimum atomic E-state index is -0.457. The third kappa shape index (κ3) is 2.69. The molecule has 6 nitrogen and oxygen atoms in total. The lowest BCUT2D eigenvalue weighted by atomic mass is 10.2. The molecule has 106 valence electrons. The Bertz CT molecular complexity index is 849. The second-order valence-electron chi connectivity index (χ2n) is 4.53. The van der Waals surface area contributed by atoms with Crippen LogP contribution in [-0.2, 0) is 11.3 Å². The molecule has 0 aliphatic heterocycles. The number of aromatic nitrogens is 2. The molecule has 0 saturated carbocycles. The summed E-state index contributed by atoms with van der Waals surface area (Å²) in [5.41, 5.74) is 0.879. The lowest BCUT2D eigenvalue weighted by Crippen LogP contribution is -2.15. The molecule has 3 rings (SSSR count). The van der Waals surface area contributed by atoms with Gasteiger partial charge in [-0.05, 0) is 19.1 Å². The largest absolute Gasteiger partial charge is 0.456 e. The van der Waals surface area contributed by atoms with Gasteiger partial charge in [-0.3, -0.25) is 4.79 Å². The fourth-order valence-corrected chi connectivity index (χ4v) is 1.94. The van der Waals surface area contributed by atoms with Gasteiger partial charge in [0.1, 0.15) is 12.4 Å². The first-order valence-electron chi connectivity index (χ1n) is 6.35. The Balaban J connectivity index is 1.79. The van der Waals surface area contributed by atoms with Gasteiger partial charge in [-0.25, -0.2) is 9.78 Å². The molecular formula is C15H12N2O4. The number of benzene rings is 1. The molecular weight excluding hydrogens is 272 g/mol. The van der Waals surface area contributed by atoms with E-state index in [1.807, 2.05) is 6.07 Å². The van der Waals surface area contributed by atoms with Gasteiger partial charge in [0.15, 0.2) is 5.65 Å². The maximum atomic E-state index is 11.8. The summed E-state index contributed by atoms with van der Waals surface area (Å²) in [6, 6.07) is 11.6. The first-order chi connectivity index (χ1) is 10.1. The van der Waals surface area contributed by atoms with Crippen LogP contribution in [0.2, 0.25) is 0 Å². The van der Waals surface area contributed by atoms with Gasteiger partial charge in [0.25, 0.3) is 5.56 Å². The molecule has 0 N–H and O–H groups in total. The fraction of sp³-hybridized carbons (Fsp3) is 0.133. The average Bonchev–Trinajstić information content (AvgIpc) is 2.87. The molecule has 3 aromatic rings. The number of esters is 1. The van der Waals surface area contributed by atoms with Gasteiger partial charge in [0, 0.05) is 12.1 Å². The number of hydrogen-bond donors (Lipinski definition) is 0. The lowest BCUT2D eigenvalue weighted by Gasteiger charge is -2.04. The van der Waals surface area contributed by atoms with E-state index in [1.54, 1.807) is 37.3 Å². The summed E-state index contributed by atoms with van der Waals surface area (Å²) in [5, 5.41) is 0. The van der Waals surface area contributed by atoms with Gasteiger partial charge in [0.05, 0.1) is 11.3 Å². The number of nitrogens with zero attached hydrogens (tertiary/aromatic N) is 2. The molecule has 0 radical (unpaired) electrons. The molecule has 0 amide bonds. The van der Waals surface area contributed by atoms with Gasteiger partial charge in [0.2, 0.25) is 0 Å². The highest BCUT2D eigenvalue weighted by atomic mass is 16.5. The van der Waals surface area contributed by atoms with Crippen LogP contribution in [0.4, 0.5) is 0 Å². The average molecular weight is 284 g/mol. The molecule has 0 fully saturated rings. The second-order valence-corrected chi connectivity index (χ2v) is 4.53. The van der Waals surface area contributed by atoms with E-state index in [-0.39, 0.29) is 12.2 Å². The molecule has 0 aliphatic rings. The third-order valence-electron chi connectivity index (χ3n) is 2.88. The smallest absolute Gasteiger partial charge is 0.338 e. The molecule has 0 spiro atoms. The van der Waals surface area contributed by atoms with Crippen molar-refractivity contribution >= 4 is 11.6 Å². The Morgan fingerprint density at radius 2 is 2.05 bits per heavy atom. The minimum absolute atomic E-state index is 0.0658. The Labute approximate surface area is 119 Å². The number of carbonyl (C=O) groups excluding carboxylic acids is 1. The highest BCUT2D eigenvalue weighted by Crippen LogP contribution is 2.07. The van der Waals surface area contributed by atoms with Crippen molar-refractivity contribution in [2.75, 3.05) is 0 Å². The van der Waals surface area contributed by atoms with Crippen LogP contribution in [0.1, 0.15) is 21.8 Å². The number of rotatable bonds is 3. The summed E-state index contributed by atoms with van der Waals surface area (Å²) < 4.78 is 11.4. The van der Waals surface area contributed by atoms with Crippen LogP contribution in [0.5, 0.6) is 0 Å². The number of carbonyl (C=O) groups is 1. The van der Waals surface area contributed by atoms with E-state index in [0.717, 1.165) is 4.57 Å². The van der Waals surface area contributed by atoms with Crippen LogP contribution in [0.25, 0.3) is 5.65 Å². The maximum Gasteiger partial charge on any atom is 0.338 e. The zero-order valence-corrected chi connectivity index (χ0v) is 11.3. The standard InChI is InChI=1S/C15H12N2O4/c1-10-7-13-16-12(8-14(18)17(13)21-10)9-20-15(19)11-5-3-2-4-6-11/h2-8H,9H2,1H3. The predicted octanol–water partition coefficient (Wildman–Crippen LogP) is 1.95. The summed E-state index contributed by atoms with van der Waals surface area (Å²) in [6.45, 7) is 1.66. The van der Waals surface area contributed by atoms with Crippen molar-refractivity contribution in [3.63, 3.8) is 0 Å². The Hall–Kier alpha value is -2.89. The lowest BCUT2D eigenvalue weighted by molar-refractivity contribution is 0.0467. The molecule has 0 aliphatic carbocycles. The van der Waals surface area contributed by atoms with Crippen LogP contribution in [0, 0.1) is 6.92 Å². The van der Waals surface area contributed by atoms with Crippen molar-refractivity contribution in [1.29, 1.82) is 0 Å². The van der Waals surface area contributed by atoms with Crippen molar-refractivity contribution in [3.8, 4) is 0 Å². The maximum absolute atomic E-state index is 11.8. The predicted molar refractivity (Wildman–Crippen MR) is 74.0 cm³/mol. The first-order valence-corrected chi connectivity index (χ1v) is 6.35. The summed E-state index contributed by atoms with van der Waals surface area (Å²) in [6.07, 6.45) is 0. The number of aryl methyl sites for hydroxylation is 1. The minimum Gasteiger partial charge on any atom is -0.456 e. The second kappa shape index (κ2) is 5.24. The molecule has 0 atom stereocenters. The van der Waals surface area contributed by atoms with Crippen LogP contribution in [0.15, 0.2) is 51.8 Å². The monoisotopic (exact) mass is 284 g/mol. The molecule has 6 heteroatoms. The quantitative estimate of drug-likeness (QED) is 0.687. The van der Waals surface area contributed by atoms with Crippen molar-refractivity contribution in [2.45, 2.75) is 13.5 Å².